The van der Waals surface area contributed by atoms with Crippen LogP contribution >= 0.6 is 0 Å². The first-order valence-corrected chi connectivity index (χ1v) is 8.65. The minimum absolute atomic E-state index is 0.258. The van der Waals surface area contributed by atoms with E-state index >= 15 is 0 Å². The summed E-state index contributed by atoms with van der Waals surface area (Å²) in [4.78, 5) is 24.8. The summed E-state index contributed by atoms with van der Waals surface area (Å²) in [6.45, 7) is 0. The second kappa shape index (κ2) is 8.73. The molecule has 0 saturated heterocycles. The zero-order valence-electron chi connectivity index (χ0n) is 15.6. The van der Waals surface area contributed by atoms with Crippen molar-refractivity contribution in [1.29, 1.82) is 0 Å². The van der Waals surface area contributed by atoms with Crippen molar-refractivity contribution in [2.24, 2.45) is 0 Å². The Hall–Kier alpha value is -3.80. The van der Waals surface area contributed by atoms with Gasteiger partial charge in [0.1, 0.15) is 17.2 Å². The minimum atomic E-state index is -0.376. The lowest BCUT2D eigenvalue weighted by Gasteiger charge is -2.14. The Morgan fingerprint density at radius 3 is 2.25 bits per heavy atom. The number of nitrogens with one attached hydrogen (secondary N) is 2. The van der Waals surface area contributed by atoms with Crippen LogP contribution in [0.1, 0.15) is 20.7 Å². The summed E-state index contributed by atoms with van der Waals surface area (Å²) in [5, 5.41) is 5.35. The Morgan fingerprint density at radius 1 is 0.821 bits per heavy atom. The second-order valence-corrected chi connectivity index (χ2v) is 5.86. The summed E-state index contributed by atoms with van der Waals surface area (Å²) in [7, 11) is 3.04. The van der Waals surface area contributed by atoms with Crippen LogP contribution in [0.4, 0.5) is 5.69 Å². The average molecular weight is 376 g/mol. The van der Waals surface area contributed by atoms with Crippen molar-refractivity contribution in [3.63, 3.8) is 0 Å². The highest BCUT2D eigenvalue weighted by atomic mass is 16.5. The summed E-state index contributed by atoms with van der Waals surface area (Å²) in [5.74, 6) is 0.863. The van der Waals surface area contributed by atoms with Crippen molar-refractivity contribution in [2.75, 3.05) is 19.5 Å². The molecule has 3 aromatic carbocycles. The Balaban J connectivity index is 1.89. The van der Waals surface area contributed by atoms with E-state index in [1.54, 1.807) is 49.5 Å². The molecule has 3 aromatic rings. The van der Waals surface area contributed by atoms with Crippen LogP contribution in [0.2, 0.25) is 0 Å². The van der Waals surface area contributed by atoms with Crippen molar-refractivity contribution in [3.8, 4) is 17.2 Å². The highest BCUT2D eigenvalue weighted by Crippen LogP contribution is 2.29. The predicted octanol–water partition coefficient (Wildman–Crippen LogP) is 4.10. The SMILES string of the molecule is CNC(=O)c1ccc(OC)c(NC(=O)c2ccccc2Oc2ccccc2)c1. The molecule has 0 aromatic heterocycles. The fourth-order valence-electron chi connectivity index (χ4n) is 2.64. The third-order valence-electron chi connectivity index (χ3n) is 4.04. The van der Waals surface area contributed by atoms with Crippen LogP contribution in [0.25, 0.3) is 0 Å². The highest BCUT2D eigenvalue weighted by Gasteiger charge is 2.16. The zero-order chi connectivity index (χ0) is 19.9. The maximum Gasteiger partial charge on any atom is 0.259 e. The van der Waals surface area contributed by atoms with Crippen LogP contribution in [0.3, 0.4) is 0 Å². The number of benzene rings is 3. The second-order valence-electron chi connectivity index (χ2n) is 5.86. The molecule has 6 heteroatoms. The molecule has 0 radical (unpaired) electrons. The Labute approximate surface area is 163 Å². The summed E-state index contributed by atoms with van der Waals surface area (Å²) in [6.07, 6.45) is 0. The van der Waals surface area contributed by atoms with Gasteiger partial charge in [-0.15, -0.1) is 0 Å². The molecule has 0 spiro atoms. The molecule has 3 rings (SSSR count). The summed E-state index contributed by atoms with van der Waals surface area (Å²) < 4.78 is 11.1. The molecule has 0 aliphatic carbocycles. The first kappa shape index (κ1) is 19.0. The molecule has 142 valence electrons. The molecule has 0 unspecified atom stereocenters. The quantitative estimate of drug-likeness (QED) is 0.679. The van der Waals surface area contributed by atoms with Gasteiger partial charge in [-0.1, -0.05) is 30.3 Å². The number of anilines is 1. The first-order chi connectivity index (χ1) is 13.6. The number of carbonyl (C=O) groups excluding carboxylic acids is 2. The third-order valence-corrected chi connectivity index (χ3v) is 4.04. The topological polar surface area (TPSA) is 76.7 Å². The number of rotatable bonds is 6. The first-order valence-electron chi connectivity index (χ1n) is 8.65. The van der Waals surface area contributed by atoms with Gasteiger partial charge in [0, 0.05) is 12.6 Å². The molecule has 0 saturated carbocycles. The number of hydrogen-bond donors (Lipinski definition) is 2. The van der Waals surface area contributed by atoms with Gasteiger partial charge in [0.25, 0.3) is 11.8 Å². The van der Waals surface area contributed by atoms with E-state index in [9.17, 15) is 9.59 Å². The minimum Gasteiger partial charge on any atom is -0.495 e. The third kappa shape index (κ3) is 4.29. The van der Waals surface area contributed by atoms with Gasteiger partial charge in [0.15, 0.2) is 0 Å². The largest absolute Gasteiger partial charge is 0.495 e. The lowest BCUT2D eigenvalue weighted by atomic mass is 10.1. The maximum atomic E-state index is 12.9. The molecule has 0 bridgehead atoms. The molecular formula is C22H20N2O4. The van der Waals surface area contributed by atoms with Crippen LogP contribution in [-0.2, 0) is 0 Å². The van der Waals surface area contributed by atoms with Gasteiger partial charge in [-0.05, 0) is 42.5 Å². The van der Waals surface area contributed by atoms with Crippen molar-refractivity contribution < 1.29 is 19.1 Å². The van der Waals surface area contributed by atoms with Crippen molar-refractivity contribution in [2.45, 2.75) is 0 Å². The average Bonchev–Trinajstić information content (AvgIpc) is 2.74. The molecule has 0 fully saturated rings. The van der Waals surface area contributed by atoms with Gasteiger partial charge in [0.2, 0.25) is 0 Å². The van der Waals surface area contributed by atoms with E-state index in [2.05, 4.69) is 10.6 Å². The Morgan fingerprint density at radius 2 is 1.54 bits per heavy atom. The highest BCUT2D eigenvalue weighted by molar-refractivity contribution is 6.07. The van der Waals surface area contributed by atoms with E-state index in [4.69, 9.17) is 9.47 Å². The van der Waals surface area contributed by atoms with Gasteiger partial charge < -0.3 is 20.1 Å². The number of carbonyl (C=O) groups is 2. The van der Waals surface area contributed by atoms with Crippen LogP contribution in [0.5, 0.6) is 17.2 Å². The molecule has 28 heavy (non-hydrogen) atoms. The van der Waals surface area contributed by atoms with Gasteiger partial charge in [0.05, 0.1) is 18.4 Å². The Kier molecular flexibility index (Phi) is 5.91. The van der Waals surface area contributed by atoms with E-state index in [1.807, 2.05) is 30.3 Å². The van der Waals surface area contributed by atoms with E-state index in [0.29, 0.717) is 34.1 Å². The predicted molar refractivity (Wildman–Crippen MR) is 107 cm³/mol. The van der Waals surface area contributed by atoms with Crippen molar-refractivity contribution >= 4 is 17.5 Å². The number of ether oxygens (including phenoxy) is 2. The molecule has 2 amide bonds. The van der Waals surface area contributed by atoms with E-state index < -0.39 is 0 Å². The molecule has 0 aliphatic rings. The number of para-hydroxylation sites is 2. The van der Waals surface area contributed by atoms with Gasteiger partial charge in [-0.2, -0.15) is 0 Å². The van der Waals surface area contributed by atoms with E-state index in [-0.39, 0.29) is 11.8 Å². The fraction of sp³-hybridized carbons (Fsp3) is 0.0909. The standard InChI is InChI=1S/C22H20N2O4/c1-23-21(25)15-12-13-20(27-2)18(14-15)24-22(26)17-10-6-7-11-19(17)28-16-8-4-3-5-9-16/h3-14H,1-2H3,(H,23,25)(H,24,26). The summed E-state index contributed by atoms with van der Waals surface area (Å²) >= 11 is 0. The van der Waals surface area contributed by atoms with Crippen LogP contribution in [0.15, 0.2) is 72.8 Å². The molecule has 0 aliphatic heterocycles. The molecular weight excluding hydrogens is 356 g/mol. The lowest BCUT2D eigenvalue weighted by Crippen LogP contribution is -2.19. The smallest absolute Gasteiger partial charge is 0.259 e. The van der Waals surface area contributed by atoms with E-state index in [1.165, 1.54) is 7.11 Å². The number of methoxy groups -OCH3 is 1. The van der Waals surface area contributed by atoms with Gasteiger partial charge >= 0.3 is 0 Å². The number of amides is 2. The van der Waals surface area contributed by atoms with Crippen LogP contribution < -0.4 is 20.1 Å². The van der Waals surface area contributed by atoms with Crippen molar-refractivity contribution in [1.82, 2.24) is 5.32 Å². The normalized spacial score (nSPS) is 10.1. The molecule has 6 nitrogen and oxygen atoms in total. The molecule has 0 heterocycles. The summed E-state index contributed by atoms with van der Waals surface area (Å²) in [5.41, 5.74) is 1.16. The molecule has 2 N–H and O–H groups in total. The fourth-order valence-corrected chi connectivity index (χ4v) is 2.64. The van der Waals surface area contributed by atoms with Crippen LogP contribution in [-0.4, -0.2) is 26.0 Å². The maximum absolute atomic E-state index is 12.9. The van der Waals surface area contributed by atoms with Crippen LogP contribution in [0, 0.1) is 0 Å². The van der Waals surface area contributed by atoms with Crippen molar-refractivity contribution in [3.05, 3.63) is 83.9 Å². The Bertz CT molecular complexity index is 987. The molecule has 0 atom stereocenters. The summed E-state index contributed by atoms with van der Waals surface area (Å²) in [6, 6.07) is 21.0. The zero-order valence-corrected chi connectivity index (χ0v) is 15.6. The van der Waals surface area contributed by atoms with Gasteiger partial charge in [-0.3, -0.25) is 9.59 Å². The van der Waals surface area contributed by atoms with E-state index in [0.717, 1.165) is 0 Å². The lowest BCUT2D eigenvalue weighted by molar-refractivity contribution is 0.0961. The van der Waals surface area contributed by atoms with Gasteiger partial charge in [-0.25, -0.2) is 0 Å². The monoisotopic (exact) mass is 376 g/mol. The number of hydrogen-bond acceptors (Lipinski definition) is 4.